The highest BCUT2D eigenvalue weighted by Gasteiger charge is 2.14. The molecule has 1 heterocycles. The molecule has 1 amide bonds. The normalized spacial score (nSPS) is 13.8. The molecule has 1 aliphatic rings. The van der Waals surface area contributed by atoms with Crippen molar-refractivity contribution in [1.29, 1.82) is 0 Å². The van der Waals surface area contributed by atoms with Crippen LogP contribution in [0.5, 0.6) is 0 Å². The van der Waals surface area contributed by atoms with Gasteiger partial charge in [-0.15, -0.1) is 0 Å². The Morgan fingerprint density at radius 2 is 1.73 bits per heavy atom. The first-order chi connectivity index (χ1) is 12.5. The summed E-state index contributed by atoms with van der Waals surface area (Å²) in [6, 6.07) is 16.1. The smallest absolute Gasteiger partial charge is 0.251 e. The molecule has 1 aliphatic heterocycles. The third kappa shape index (κ3) is 4.49. The van der Waals surface area contributed by atoms with E-state index in [4.69, 9.17) is 5.84 Å². The maximum atomic E-state index is 12.1. The number of amides is 1. The Bertz CT molecular complexity index is 779. The van der Waals surface area contributed by atoms with E-state index in [1.807, 2.05) is 24.3 Å². The number of carbonyl (C=O) groups is 1. The summed E-state index contributed by atoms with van der Waals surface area (Å²) in [5, 5.41) is 4.63. The SMILES string of the molecule is CC(C)CNC(=O)c1ccc(Cc2ccc(C3=NCCN3N)cc2)cc1. The number of carbonyl (C=O) groups excluding carboxylic acids is 1. The Labute approximate surface area is 154 Å². The molecule has 0 fully saturated rings. The van der Waals surface area contributed by atoms with Crippen molar-refractivity contribution in [3.8, 4) is 0 Å². The van der Waals surface area contributed by atoms with E-state index in [9.17, 15) is 4.79 Å². The number of aliphatic imine (C=N–C) groups is 1. The van der Waals surface area contributed by atoms with E-state index < -0.39 is 0 Å². The number of hydrogen-bond donors (Lipinski definition) is 2. The third-order valence-electron chi connectivity index (χ3n) is 4.38. The van der Waals surface area contributed by atoms with E-state index in [1.165, 1.54) is 11.1 Å². The van der Waals surface area contributed by atoms with Gasteiger partial charge >= 0.3 is 0 Å². The molecule has 5 nitrogen and oxygen atoms in total. The number of nitrogens with zero attached hydrogens (tertiary/aromatic N) is 2. The number of hydrazine groups is 1. The minimum atomic E-state index is -0.0155. The van der Waals surface area contributed by atoms with Crippen molar-refractivity contribution in [2.75, 3.05) is 19.6 Å². The van der Waals surface area contributed by atoms with Crippen molar-refractivity contribution in [3.63, 3.8) is 0 Å². The molecule has 0 saturated carbocycles. The van der Waals surface area contributed by atoms with Crippen LogP contribution in [0, 0.1) is 5.92 Å². The highest BCUT2D eigenvalue weighted by molar-refractivity contribution is 5.99. The molecule has 5 heteroatoms. The highest BCUT2D eigenvalue weighted by Crippen LogP contribution is 2.14. The first-order valence-electron chi connectivity index (χ1n) is 9.06. The van der Waals surface area contributed by atoms with Gasteiger partial charge < -0.3 is 5.32 Å². The number of amidine groups is 1. The second kappa shape index (κ2) is 8.15. The van der Waals surface area contributed by atoms with Gasteiger partial charge in [-0.05, 0) is 35.6 Å². The summed E-state index contributed by atoms with van der Waals surface area (Å²) in [7, 11) is 0. The number of rotatable bonds is 6. The average molecular weight is 350 g/mol. The molecule has 2 aromatic rings. The van der Waals surface area contributed by atoms with Crippen LogP contribution in [0.3, 0.4) is 0 Å². The monoisotopic (exact) mass is 350 g/mol. The summed E-state index contributed by atoms with van der Waals surface area (Å²) >= 11 is 0. The van der Waals surface area contributed by atoms with E-state index in [0.29, 0.717) is 18.0 Å². The highest BCUT2D eigenvalue weighted by atomic mass is 16.1. The topological polar surface area (TPSA) is 70.7 Å². The van der Waals surface area contributed by atoms with E-state index in [0.717, 1.165) is 30.9 Å². The van der Waals surface area contributed by atoms with Gasteiger partial charge in [0.1, 0.15) is 5.84 Å². The lowest BCUT2D eigenvalue weighted by Crippen LogP contribution is -2.34. The second-order valence-electron chi connectivity index (χ2n) is 7.07. The Hall–Kier alpha value is -2.66. The molecule has 0 atom stereocenters. The molecule has 3 rings (SSSR count). The summed E-state index contributed by atoms with van der Waals surface area (Å²) in [5.41, 5.74) is 4.14. The zero-order valence-corrected chi connectivity index (χ0v) is 15.4. The van der Waals surface area contributed by atoms with Gasteiger partial charge in [-0.2, -0.15) is 0 Å². The maximum absolute atomic E-state index is 12.1. The predicted molar refractivity (Wildman–Crippen MR) is 105 cm³/mol. The number of hydrogen-bond acceptors (Lipinski definition) is 4. The van der Waals surface area contributed by atoms with Gasteiger partial charge in [0.2, 0.25) is 0 Å². The van der Waals surface area contributed by atoms with E-state index >= 15 is 0 Å². The molecule has 0 bridgehead atoms. The van der Waals surface area contributed by atoms with Crippen molar-refractivity contribution in [3.05, 3.63) is 70.8 Å². The summed E-state index contributed by atoms with van der Waals surface area (Å²) in [6.07, 6.45) is 0.826. The van der Waals surface area contributed by atoms with Gasteiger partial charge in [-0.25, -0.2) is 5.84 Å². The molecular formula is C21H26N4O. The van der Waals surface area contributed by atoms with Crippen LogP contribution in [0.1, 0.15) is 40.9 Å². The number of benzene rings is 2. The molecule has 0 radical (unpaired) electrons. The lowest BCUT2D eigenvalue weighted by Gasteiger charge is -2.13. The molecule has 0 spiro atoms. The molecule has 2 aromatic carbocycles. The lowest BCUT2D eigenvalue weighted by atomic mass is 10.0. The Kier molecular flexibility index (Phi) is 5.68. The predicted octanol–water partition coefficient (Wildman–Crippen LogP) is 2.60. The minimum absolute atomic E-state index is 0.0155. The van der Waals surface area contributed by atoms with Gasteiger partial charge in [-0.3, -0.25) is 14.8 Å². The van der Waals surface area contributed by atoms with Crippen molar-refractivity contribution in [2.45, 2.75) is 20.3 Å². The van der Waals surface area contributed by atoms with Crippen molar-refractivity contribution in [1.82, 2.24) is 10.3 Å². The van der Waals surface area contributed by atoms with Crippen molar-refractivity contribution in [2.24, 2.45) is 16.8 Å². The minimum Gasteiger partial charge on any atom is -0.352 e. The first-order valence-corrected chi connectivity index (χ1v) is 9.06. The molecule has 0 saturated heterocycles. The Morgan fingerprint density at radius 1 is 1.12 bits per heavy atom. The van der Waals surface area contributed by atoms with E-state index in [2.05, 4.69) is 48.4 Å². The summed E-state index contributed by atoms with van der Waals surface area (Å²) in [6.45, 7) is 6.38. The molecule has 0 aromatic heterocycles. The van der Waals surface area contributed by atoms with Gasteiger partial charge in [-0.1, -0.05) is 50.2 Å². The molecule has 26 heavy (non-hydrogen) atoms. The zero-order chi connectivity index (χ0) is 18.5. The van der Waals surface area contributed by atoms with Crippen LogP contribution in [-0.2, 0) is 6.42 Å². The number of nitrogens with two attached hydrogens (primary N) is 1. The van der Waals surface area contributed by atoms with E-state index in [-0.39, 0.29) is 5.91 Å². The van der Waals surface area contributed by atoms with Crippen LogP contribution < -0.4 is 11.2 Å². The van der Waals surface area contributed by atoms with Crippen LogP contribution in [0.4, 0.5) is 0 Å². The largest absolute Gasteiger partial charge is 0.352 e. The van der Waals surface area contributed by atoms with Crippen molar-refractivity contribution < 1.29 is 4.79 Å². The van der Waals surface area contributed by atoms with Gasteiger partial charge in [0.25, 0.3) is 5.91 Å². The molecule has 0 unspecified atom stereocenters. The van der Waals surface area contributed by atoms with Crippen LogP contribution in [0.25, 0.3) is 0 Å². The van der Waals surface area contributed by atoms with Gasteiger partial charge in [0, 0.05) is 17.7 Å². The lowest BCUT2D eigenvalue weighted by molar-refractivity contribution is 0.0949. The van der Waals surface area contributed by atoms with E-state index in [1.54, 1.807) is 5.01 Å². The molecule has 0 aliphatic carbocycles. The fourth-order valence-corrected chi connectivity index (χ4v) is 2.90. The average Bonchev–Trinajstić information content (AvgIpc) is 3.07. The van der Waals surface area contributed by atoms with Gasteiger partial charge in [0.15, 0.2) is 0 Å². The standard InChI is InChI=1S/C21H26N4O/c1-15(2)14-24-21(26)19-9-5-17(6-10-19)13-16-3-7-18(8-4-16)20-23-11-12-25(20)22/h3-10,15H,11-14,22H2,1-2H3,(H,24,26). The fraction of sp³-hybridized carbons (Fsp3) is 0.333. The van der Waals surface area contributed by atoms with Crippen LogP contribution in [-0.4, -0.2) is 36.4 Å². The van der Waals surface area contributed by atoms with Crippen LogP contribution in [0.15, 0.2) is 53.5 Å². The first kappa shape index (κ1) is 18.1. The maximum Gasteiger partial charge on any atom is 0.251 e. The summed E-state index contributed by atoms with van der Waals surface area (Å²) in [5.74, 6) is 7.21. The molecule has 136 valence electrons. The molecule has 3 N–H and O–H groups in total. The second-order valence-corrected chi connectivity index (χ2v) is 7.07. The fourth-order valence-electron chi connectivity index (χ4n) is 2.90. The Balaban J connectivity index is 1.61. The van der Waals surface area contributed by atoms with Crippen LogP contribution >= 0.6 is 0 Å². The Morgan fingerprint density at radius 3 is 2.27 bits per heavy atom. The van der Waals surface area contributed by atoms with Crippen LogP contribution in [0.2, 0.25) is 0 Å². The molecular weight excluding hydrogens is 324 g/mol. The van der Waals surface area contributed by atoms with Gasteiger partial charge in [0.05, 0.1) is 13.1 Å². The summed E-state index contributed by atoms with van der Waals surface area (Å²) < 4.78 is 0. The third-order valence-corrected chi connectivity index (χ3v) is 4.38. The zero-order valence-electron chi connectivity index (χ0n) is 15.4. The quantitative estimate of drug-likeness (QED) is 0.787. The summed E-state index contributed by atoms with van der Waals surface area (Å²) in [4.78, 5) is 16.5. The number of nitrogens with one attached hydrogen (secondary N) is 1. The van der Waals surface area contributed by atoms with Crippen molar-refractivity contribution >= 4 is 11.7 Å².